The van der Waals surface area contributed by atoms with Crippen molar-refractivity contribution in [3.05, 3.63) is 84.2 Å². The van der Waals surface area contributed by atoms with Crippen molar-refractivity contribution in [2.24, 2.45) is 4.99 Å². The molecule has 4 rings (SSSR count). The molecule has 0 amide bonds. The Kier molecular flexibility index (Phi) is 4.63. The Morgan fingerprint density at radius 3 is 2.56 bits per heavy atom. The molecule has 0 spiro atoms. The Balaban J connectivity index is 1.79. The van der Waals surface area contributed by atoms with Crippen LogP contribution >= 0.6 is 39.1 Å². The molecular formula is C19H8BrCl2NO4. The highest BCUT2D eigenvalue weighted by Crippen LogP contribution is 2.27. The summed E-state index contributed by atoms with van der Waals surface area (Å²) in [6.45, 7) is 0. The van der Waals surface area contributed by atoms with Gasteiger partial charge < -0.3 is 9.15 Å². The molecule has 0 atom stereocenters. The van der Waals surface area contributed by atoms with Gasteiger partial charge in [-0.2, -0.15) is 0 Å². The van der Waals surface area contributed by atoms with Gasteiger partial charge in [-0.05, 0) is 42.5 Å². The molecular weight excluding hydrogens is 457 g/mol. The van der Waals surface area contributed by atoms with Crippen molar-refractivity contribution in [3.8, 4) is 0 Å². The van der Waals surface area contributed by atoms with E-state index in [4.69, 9.17) is 32.4 Å². The average molecular weight is 465 g/mol. The number of benzene rings is 2. The number of rotatable bonds is 2. The molecule has 3 aromatic rings. The maximum Gasteiger partial charge on any atom is 0.363 e. The van der Waals surface area contributed by atoms with Crippen LogP contribution in [-0.4, -0.2) is 11.9 Å². The van der Waals surface area contributed by atoms with Crippen molar-refractivity contribution < 1.29 is 13.9 Å². The number of halogens is 3. The number of hydrogen-bond acceptors (Lipinski definition) is 5. The standard InChI is InChI=1S/C19H8BrCl2NO4/c20-11-3-1-9(2-4-11)18-23-15(19(25)27-18)5-10-8-26-17-13(16(10)24)6-12(21)7-14(17)22/h1-8H. The fourth-order valence-corrected chi connectivity index (χ4v) is 3.35. The number of cyclic esters (lactones) is 1. The average Bonchev–Trinajstić information content (AvgIpc) is 2.99. The Hall–Kier alpha value is -2.41. The summed E-state index contributed by atoms with van der Waals surface area (Å²) in [4.78, 5) is 29.0. The zero-order valence-corrected chi connectivity index (χ0v) is 16.4. The molecule has 2 heterocycles. The molecule has 0 fully saturated rings. The van der Waals surface area contributed by atoms with E-state index in [1.807, 2.05) is 0 Å². The lowest BCUT2D eigenvalue weighted by Gasteiger charge is -2.01. The summed E-state index contributed by atoms with van der Waals surface area (Å²) in [5, 5.41) is 0.746. The number of fused-ring (bicyclic) bond motifs is 1. The van der Waals surface area contributed by atoms with Crippen molar-refractivity contribution in [1.29, 1.82) is 0 Å². The molecule has 0 radical (unpaired) electrons. The van der Waals surface area contributed by atoms with Crippen LogP contribution in [0.1, 0.15) is 11.1 Å². The van der Waals surface area contributed by atoms with Crippen LogP contribution in [0.5, 0.6) is 0 Å². The fourth-order valence-electron chi connectivity index (χ4n) is 2.55. The number of esters is 1. The van der Waals surface area contributed by atoms with Crippen LogP contribution in [0.2, 0.25) is 10.0 Å². The van der Waals surface area contributed by atoms with Gasteiger partial charge in [-0.1, -0.05) is 39.1 Å². The molecule has 0 bridgehead atoms. The maximum atomic E-state index is 12.7. The number of ether oxygens (including phenoxy) is 1. The lowest BCUT2D eigenvalue weighted by atomic mass is 10.1. The second kappa shape index (κ2) is 6.96. The van der Waals surface area contributed by atoms with Gasteiger partial charge in [0.1, 0.15) is 6.26 Å². The molecule has 134 valence electrons. The molecule has 1 aliphatic heterocycles. The van der Waals surface area contributed by atoms with E-state index in [-0.39, 0.29) is 38.6 Å². The lowest BCUT2D eigenvalue weighted by molar-refractivity contribution is -0.129. The summed E-state index contributed by atoms with van der Waals surface area (Å²) in [7, 11) is 0. The molecule has 27 heavy (non-hydrogen) atoms. The minimum absolute atomic E-state index is 0.00677. The SMILES string of the molecule is O=C1OC(c2ccc(Br)cc2)=NC1=Cc1coc2c(Cl)cc(Cl)cc2c1=O. The summed E-state index contributed by atoms with van der Waals surface area (Å²) in [6, 6.07) is 10.1. The van der Waals surface area contributed by atoms with Crippen LogP contribution in [-0.2, 0) is 9.53 Å². The minimum Gasteiger partial charge on any atom is -0.462 e. The fraction of sp³-hybridized carbons (Fsp3) is 0. The second-order valence-electron chi connectivity index (χ2n) is 5.63. The van der Waals surface area contributed by atoms with E-state index in [0.29, 0.717) is 10.6 Å². The van der Waals surface area contributed by atoms with Crippen LogP contribution in [0.15, 0.2) is 67.0 Å². The zero-order chi connectivity index (χ0) is 19.1. The molecule has 2 aromatic carbocycles. The summed E-state index contributed by atoms with van der Waals surface area (Å²) in [5.74, 6) is -0.494. The Bertz CT molecular complexity index is 1210. The van der Waals surface area contributed by atoms with Gasteiger partial charge in [0.15, 0.2) is 16.7 Å². The molecule has 0 saturated heterocycles. The van der Waals surface area contributed by atoms with Gasteiger partial charge in [-0.25, -0.2) is 9.79 Å². The quantitative estimate of drug-likeness (QED) is 0.385. The summed E-state index contributed by atoms with van der Waals surface area (Å²) < 4.78 is 11.5. The van der Waals surface area contributed by atoms with E-state index in [0.717, 1.165) is 4.47 Å². The summed E-state index contributed by atoms with van der Waals surface area (Å²) in [5.41, 5.74) is 0.606. The van der Waals surface area contributed by atoms with Crippen molar-refractivity contribution >= 4 is 68.0 Å². The molecule has 0 unspecified atom stereocenters. The van der Waals surface area contributed by atoms with E-state index < -0.39 is 5.97 Å². The summed E-state index contributed by atoms with van der Waals surface area (Å²) in [6.07, 6.45) is 2.53. The second-order valence-corrected chi connectivity index (χ2v) is 7.39. The smallest absolute Gasteiger partial charge is 0.363 e. The van der Waals surface area contributed by atoms with Gasteiger partial charge in [0.05, 0.1) is 16.0 Å². The first-order valence-corrected chi connectivity index (χ1v) is 9.16. The number of hydrogen-bond donors (Lipinski definition) is 0. The van der Waals surface area contributed by atoms with E-state index in [9.17, 15) is 9.59 Å². The largest absolute Gasteiger partial charge is 0.462 e. The van der Waals surface area contributed by atoms with Crippen LogP contribution < -0.4 is 5.43 Å². The van der Waals surface area contributed by atoms with Gasteiger partial charge in [0.2, 0.25) is 5.90 Å². The van der Waals surface area contributed by atoms with Gasteiger partial charge in [0, 0.05) is 15.1 Å². The highest BCUT2D eigenvalue weighted by Gasteiger charge is 2.24. The number of aliphatic imine (C=N–C) groups is 1. The van der Waals surface area contributed by atoms with Crippen LogP contribution in [0.25, 0.3) is 17.0 Å². The minimum atomic E-state index is -0.656. The molecule has 5 nitrogen and oxygen atoms in total. The zero-order valence-electron chi connectivity index (χ0n) is 13.3. The van der Waals surface area contributed by atoms with E-state index in [1.54, 1.807) is 24.3 Å². The van der Waals surface area contributed by atoms with E-state index >= 15 is 0 Å². The third-order valence-corrected chi connectivity index (χ3v) is 4.85. The third-order valence-electron chi connectivity index (χ3n) is 3.82. The van der Waals surface area contributed by atoms with Gasteiger partial charge in [0.25, 0.3) is 0 Å². The molecule has 1 aliphatic rings. The molecule has 0 N–H and O–H groups in total. The predicted octanol–water partition coefficient (Wildman–Crippen LogP) is 5.21. The first-order chi connectivity index (χ1) is 12.9. The van der Waals surface area contributed by atoms with Gasteiger partial charge in [-0.15, -0.1) is 0 Å². The van der Waals surface area contributed by atoms with Crippen LogP contribution in [0.4, 0.5) is 0 Å². The Labute approximate surface area is 171 Å². The molecule has 8 heteroatoms. The highest BCUT2D eigenvalue weighted by atomic mass is 79.9. The van der Waals surface area contributed by atoms with Crippen molar-refractivity contribution in [3.63, 3.8) is 0 Å². The number of carbonyl (C=O) groups excluding carboxylic acids is 1. The maximum absolute atomic E-state index is 12.7. The molecule has 0 saturated carbocycles. The first-order valence-electron chi connectivity index (χ1n) is 7.61. The van der Waals surface area contributed by atoms with E-state index in [1.165, 1.54) is 24.5 Å². The topological polar surface area (TPSA) is 68.9 Å². The normalized spacial score (nSPS) is 15.3. The Morgan fingerprint density at radius 2 is 1.81 bits per heavy atom. The van der Waals surface area contributed by atoms with Crippen molar-refractivity contribution in [2.45, 2.75) is 0 Å². The summed E-state index contributed by atoms with van der Waals surface area (Å²) >= 11 is 15.3. The van der Waals surface area contributed by atoms with Crippen molar-refractivity contribution in [1.82, 2.24) is 0 Å². The predicted molar refractivity (Wildman–Crippen MR) is 107 cm³/mol. The van der Waals surface area contributed by atoms with E-state index in [2.05, 4.69) is 20.9 Å². The van der Waals surface area contributed by atoms with Crippen molar-refractivity contribution in [2.75, 3.05) is 0 Å². The third kappa shape index (κ3) is 3.43. The highest BCUT2D eigenvalue weighted by molar-refractivity contribution is 9.10. The number of carbonyl (C=O) groups is 1. The lowest BCUT2D eigenvalue weighted by Crippen LogP contribution is -2.07. The van der Waals surface area contributed by atoms with Crippen LogP contribution in [0.3, 0.4) is 0 Å². The molecule has 1 aromatic heterocycles. The van der Waals surface area contributed by atoms with Gasteiger partial charge in [-0.3, -0.25) is 4.79 Å². The first kappa shape index (κ1) is 18.0. The number of nitrogens with zero attached hydrogens (tertiary/aromatic N) is 1. The van der Waals surface area contributed by atoms with Crippen LogP contribution in [0, 0.1) is 0 Å². The molecule has 0 aliphatic carbocycles. The monoisotopic (exact) mass is 463 g/mol. The Morgan fingerprint density at radius 1 is 1.07 bits per heavy atom. The van der Waals surface area contributed by atoms with Gasteiger partial charge >= 0.3 is 5.97 Å².